The molecule has 2 aromatic carbocycles. The summed E-state index contributed by atoms with van der Waals surface area (Å²) in [5.41, 5.74) is 8.51. The number of primary amides is 1. The van der Waals surface area contributed by atoms with Crippen molar-refractivity contribution in [2.75, 3.05) is 0 Å². The molecule has 0 saturated heterocycles. The van der Waals surface area contributed by atoms with Crippen molar-refractivity contribution in [3.8, 4) is 11.1 Å². The number of carbonyl (C=O) groups excluding carboxylic acids is 1. The lowest BCUT2D eigenvalue weighted by atomic mass is 10.0. The van der Waals surface area contributed by atoms with E-state index in [0.29, 0.717) is 10.6 Å². The monoisotopic (exact) mass is 271 g/mol. The lowest BCUT2D eigenvalue weighted by Crippen LogP contribution is -2.10. The van der Waals surface area contributed by atoms with Gasteiger partial charge in [0.1, 0.15) is 0 Å². The van der Waals surface area contributed by atoms with Crippen LogP contribution in [0.1, 0.15) is 10.4 Å². The van der Waals surface area contributed by atoms with Crippen molar-refractivity contribution in [3.05, 3.63) is 53.2 Å². The molecule has 1 amide bonds. The Labute approximate surface area is 114 Å². The number of halogens is 1. The van der Waals surface area contributed by atoms with Gasteiger partial charge in [-0.15, -0.1) is 0 Å². The number of nitrogens with two attached hydrogens (primary N) is 1. The van der Waals surface area contributed by atoms with Crippen LogP contribution in [-0.2, 0) is 0 Å². The van der Waals surface area contributed by atoms with Gasteiger partial charge in [-0.25, -0.2) is 0 Å². The molecule has 1 heterocycles. The molecule has 3 rings (SSSR count). The maximum Gasteiger partial charge on any atom is 0.248 e. The number of benzene rings is 2. The third-order valence-electron chi connectivity index (χ3n) is 3.00. The largest absolute Gasteiger partial charge is 0.366 e. The smallest absolute Gasteiger partial charge is 0.248 e. The topological polar surface area (TPSA) is 71.8 Å². The zero-order valence-corrected chi connectivity index (χ0v) is 10.6. The highest BCUT2D eigenvalue weighted by molar-refractivity contribution is 6.31. The van der Waals surface area contributed by atoms with Crippen LogP contribution >= 0.6 is 11.6 Å². The summed E-state index contributed by atoms with van der Waals surface area (Å²) in [6.45, 7) is 0. The highest BCUT2D eigenvalue weighted by Gasteiger charge is 2.08. The summed E-state index contributed by atoms with van der Waals surface area (Å²) in [7, 11) is 0. The van der Waals surface area contributed by atoms with Crippen LogP contribution in [0.25, 0.3) is 22.0 Å². The van der Waals surface area contributed by atoms with E-state index in [-0.39, 0.29) is 0 Å². The van der Waals surface area contributed by atoms with Crippen molar-refractivity contribution in [1.29, 1.82) is 0 Å². The molecule has 0 fully saturated rings. The Balaban J connectivity index is 2.18. The fourth-order valence-corrected chi connectivity index (χ4v) is 2.29. The van der Waals surface area contributed by atoms with Crippen molar-refractivity contribution < 1.29 is 4.79 Å². The lowest BCUT2D eigenvalue weighted by Gasteiger charge is -2.05. The predicted molar refractivity (Wildman–Crippen MR) is 75.1 cm³/mol. The number of H-pyrrole nitrogens is 1. The van der Waals surface area contributed by atoms with Gasteiger partial charge in [0, 0.05) is 16.0 Å². The van der Waals surface area contributed by atoms with Crippen LogP contribution in [0.5, 0.6) is 0 Å². The molecule has 0 aliphatic heterocycles. The number of amides is 1. The van der Waals surface area contributed by atoms with Crippen LogP contribution < -0.4 is 5.73 Å². The molecule has 0 aliphatic rings. The molecule has 3 N–H and O–H groups in total. The number of rotatable bonds is 2. The fraction of sp³-hybridized carbons (Fsp3) is 0. The Morgan fingerprint density at radius 2 is 1.95 bits per heavy atom. The van der Waals surface area contributed by atoms with Crippen LogP contribution in [0.15, 0.2) is 42.6 Å². The van der Waals surface area contributed by atoms with Gasteiger partial charge >= 0.3 is 0 Å². The van der Waals surface area contributed by atoms with Gasteiger partial charge in [-0.05, 0) is 35.4 Å². The molecule has 19 heavy (non-hydrogen) atoms. The summed E-state index contributed by atoms with van der Waals surface area (Å²) < 4.78 is 0. The Morgan fingerprint density at radius 1 is 1.21 bits per heavy atom. The number of fused-ring (bicyclic) bond motifs is 1. The first-order chi connectivity index (χ1) is 9.15. The molecule has 94 valence electrons. The Bertz CT molecular complexity index is 762. The van der Waals surface area contributed by atoms with E-state index in [1.165, 1.54) is 0 Å². The summed E-state index contributed by atoms with van der Waals surface area (Å²) in [4.78, 5) is 11.1. The second-order valence-corrected chi connectivity index (χ2v) is 4.66. The van der Waals surface area contributed by atoms with Crippen LogP contribution in [-0.4, -0.2) is 16.1 Å². The van der Waals surface area contributed by atoms with Gasteiger partial charge < -0.3 is 5.73 Å². The predicted octanol–water partition coefficient (Wildman–Crippen LogP) is 2.98. The number of nitrogens with zero attached hydrogens (tertiary/aromatic N) is 1. The molecule has 0 saturated carbocycles. The standard InChI is InChI=1S/C14H10ClN3O/c15-10-5-11(12-7-17-18-13(12)6-10)8-1-3-9(4-2-8)14(16)19/h1-7H,(H2,16,19)(H,17,18). The molecular formula is C14H10ClN3O. The van der Waals surface area contributed by atoms with Crippen molar-refractivity contribution in [2.45, 2.75) is 0 Å². The fourth-order valence-electron chi connectivity index (χ4n) is 2.07. The summed E-state index contributed by atoms with van der Waals surface area (Å²) >= 11 is 6.09. The van der Waals surface area contributed by atoms with E-state index in [9.17, 15) is 4.79 Å². The average molecular weight is 272 g/mol. The Kier molecular flexibility index (Phi) is 2.72. The van der Waals surface area contributed by atoms with Gasteiger partial charge in [-0.3, -0.25) is 9.89 Å². The minimum absolute atomic E-state index is 0.439. The second-order valence-electron chi connectivity index (χ2n) is 4.23. The molecule has 0 spiro atoms. The van der Waals surface area contributed by atoms with Crippen LogP contribution in [0, 0.1) is 0 Å². The number of aromatic nitrogens is 2. The van der Waals surface area contributed by atoms with E-state index in [2.05, 4.69) is 10.2 Å². The molecule has 0 atom stereocenters. The number of hydrogen-bond donors (Lipinski definition) is 2. The number of hydrogen-bond acceptors (Lipinski definition) is 2. The van der Waals surface area contributed by atoms with Gasteiger partial charge in [0.25, 0.3) is 0 Å². The normalized spacial score (nSPS) is 10.8. The second kappa shape index (κ2) is 4.40. The maximum absolute atomic E-state index is 11.1. The zero-order chi connectivity index (χ0) is 13.4. The molecule has 0 bridgehead atoms. The molecular weight excluding hydrogens is 262 g/mol. The summed E-state index contributed by atoms with van der Waals surface area (Å²) in [5, 5.41) is 8.52. The highest BCUT2D eigenvalue weighted by Crippen LogP contribution is 2.31. The third-order valence-corrected chi connectivity index (χ3v) is 3.22. The maximum atomic E-state index is 11.1. The molecule has 5 heteroatoms. The van der Waals surface area contributed by atoms with Gasteiger partial charge in [0.15, 0.2) is 0 Å². The van der Waals surface area contributed by atoms with Gasteiger partial charge in [-0.2, -0.15) is 5.10 Å². The van der Waals surface area contributed by atoms with E-state index in [4.69, 9.17) is 17.3 Å². The number of aromatic amines is 1. The number of nitrogens with one attached hydrogen (secondary N) is 1. The van der Waals surface area contributed by atoms with Crippen molar-refractivity contribution >= 4 is 28.4 Å². The van der Waals surface area contributed by atoms with E-state index in [0.717, 1.165) is 22.0 Å². The van der Waals surface area contributed by atoms with E-state index in [1.54, 1.807) is 18.3 Å². The van der Waals surface area contributed by atoms with Gasteiger partial charge in [-0.1, -0.05) is 23.7 Å². The van der Waals surface area contributed by atoms with Gasteiger partial charge in [0.05, 0.1) is 11.7 Å². The minimum atomic E-state index is -0.439. The lowest BCUT2D eigenvalue weighted by molar-refractivity contribution is 0.100. The van der Waals surface area contributed by atoms with Crippen molar-refractivity contribution in [3.63, 3.8) is 0 Å². The molecule has 1 aromatic heterocycles. The Hall–Kier alpha value is -2.33. The van der Waals surface area contributed by atoms with E-state index >= 15 is 0 Å². The molecule has 4 nitrogen and oxygen atoms in total. The highest BCUT2D eigenvalue weighted by atomic mass is 35.5. The first kappa shape index (κ1) is 11.7. The van der Waals surface area contributed by atoms with E-state index in [1.807, 2.05) is 24.3 Å². The Morgan fingerprint density at radius 3 is 2.63 bits per heavy atom. The summed E-state index contributed by atoms with van der Waals surface area (Å²) in [6.07, 6.45) is 1.75. The quantitative estimate of drug-likeness (QED) is 0.752. The third kappa shape index (κ3) is 2.06. The first-order valence-electron chi connectivity index (χ1n) is 5.68. The van der Waals surface area contributed by atoms with E-state index < -0.39 is 5.91 Å². The van der Waals surface area contributed by atoms with Crippen molar-refractivity contribution in [2.24, 2.45) is 5.73 Å². The van der Waals surface area contributed by atoms with Crippen LogP contribution in [0.2, 0.25) is 5.02 Å². The first-order valence-corrected chi connectivity index (χ1v) is 6.06. The zero-order valence-electron chi connectivity index (χ0n) is 9.85. The molecule has 3 aromatic rings. The SMILES string of the molecule is NC(=O)c1ccc(-c2cc(Cl)cc3[nH]ncc23)cc1. The van der Waals surface area contributed by atoms with Crippen LogP contribution in [0.4, 0.5) is 0 Å². The van der Waals surface area contributed by atoms with Crippen molar-refractivity contribution in [1.82, 2.24) is 10.2 Å². The minimum Gasteiger partial charge on any atom is -0.366 e. The number of carbonyl (C=O) groups is 1. The molecule has 0 aliphatic carbocycles. The summed E-state index contributed by atoms with van der Waals surface area (Å²) in [6, 6.07) is 10.8. The summed E-state index contributed by atoms with van der Waals surface area (Å²) in [5.74, 6) is -0.439. The van der Waals surface area contributed by atoms with Gasteiger partial charge in [0.2, 0.25) is 5.91 Å². The molecule has 0 unspecified atom stereocenters. The van der Waals surface area contributed by atoms with Crippen LogP contribution in [0.3, 0.4) is 0 Å². The molecule has 0 radical (unpaired) electrons. The average Bonchev–Trinajstić information content (AvgIpc) is 2.85.